The maximum absolute atomic E-state index is 12.1. The van der Waals surface area contributed by atoms with E-state index in [1.807, 2.05) is 42.8 Å². The van der Waals surface area contributed by atoms with Crippen LogP contribution in [0.5, 0.6) is 11.6 Å². The van der Waals surface area contributed by atoms with Crippen molar-refractivity contribution in [2.75, 3.05) is 18.5 Å². The number of rotatable bonds is 6. The largest absolute Gasteiger partial charge is 0.451 e. The van der Waals surface area contributed by atoms with Crippen molar-refractivity contribution in [3.8, 4) is 11.6 Å². The van der Waals surface area contributed by atoms with Crippen molar-refractivity contribution < 1.29 is 19.0 Å². The number of carbonyl (C=O) groups is 1. The molecule has 3 aliphatic rings. The average Bonchev–Trinajstić information content (AvgIpc) is 3.55. The topological polar surface area (TPSA) is 87.5 Å². The molecule has 0 spiro atoms. The molecule has 1 saturated carbocycles. The van der Waals surface area contributed by atoms with E-state index in [9.17, 15) is 4.79 Å². The molecule has 176 valence electrons. The van der Waals surface area contributed by atoms with Crippen molar-refractivity contribution in [2.24, 2.45) is 0 Å². The van der Waals surface area contributed by atoms with Gasteiger partial charge in [-0.2, -0.15) is 5.10 Å². The molecule has 4 heterocycles. The van der Waals surface area contributed by atoms with Gasteiger partial charge in [-0.15, -0.1) is 0 Å². The van der Waals surface area contributed by atoms with Gasteiger partial charge in [-0.25, -0.2) is 14.5 Å². The molecule has 2 aromatic heterocycles. The first-order chi connectivity index (χ1) is 16.5. The van der Waals surface area contributed by atoms with E-state index in [1.165, 1.54) is 12.8 Å². The second-order valence-electron chi connectivity index (χ2n) is 9.73. The highest BCUT2D eigenvalue weighted by molar-refractivity contribution is 5.95. The summed E-state index contributed by atoms with van der Waals surface area (Å²) >= 11 is 0. The number of fused-ring (bicyclic) bond motifs is 1. The molecule has 0 bridgehead atoms. The number of nitrogens with zero attached hydrogens (tertiary/aromatic N) is 3. The van der Waals surface area contributed by atoms with Gasteiger partial charge in [-0.05, 0) is 63.8 Å². The number of nitrogens with one attached hydrogen (secondary N) is 1. The van der Waals surface area contributed by atoms with Crippen molar-refractivity contribution in [3.05, 3.63) is 59.4 Å². The highest BCUT2D eigenvalue weighted by Crippen LogP contribution is 2.42. The Balaban J connectivity index is 1.24. The Hall–Kier alpha value is -3.39. The van der Waals surface area contributed by atoms with Gasteiger partial charge in [0, 0.05) is 48.7 Å². The molecule has 2 aliphatic heterocycles. The third-order valence-corrected chi connectivity index (χ3v) is 6.71. The number of esters is 1. The Morgan fingerprint density at radius 1 is 1.09 bits per heavy atom. The van der Waals surface area contributed by atoms with Gasteiger partial charge in [0.25, 0.3) is 0 Å². The third-order valence-electron chi connectivity index (χ3n) is 6.71. The molecular formula is C26H28N4O4. The monoisotopic (exact) mass is 460 g/mol. The Morgan fingerprint density at radius 2 is 1.91 bits per heavy atom. The van der Waals surface area contributed by atoms with Gasteiger partial charge in [0.2, 0.25) is 5.88 Å². The van der Waals surface area contributed by atoms with Crippen molar-refractivity contribution in [2.45, 2.75) is 57.1 Å². The van der Waals surface area contributed by atoms with Crippen LogP contribution in [-0.2, 0) is 15.1 Å². The number of anilines is 2. The predicted molar refractivity (Wildman–Crippen MR) is 126 cm³/mol. The van der Waals surface area contributed by atoms with E-state index in [4.69, 9.17) is 19.3 Å². The van der Waals surface area contributed by atoms with E-state index in [-0.39, 0.29) is 12.0 Å². The van der Waals surface area contributed by atoms with E-state index in [1.54, 1.807) is 12.3 Å². The maximum Gasteiger partial charge on any atom is 0.339 e. The predicted octanol–water partition coefficient (Wildman–Crippen LogP) is 5.45. The summed E-state index contributed by atoms with van der Waals surface area (Å²) in [7, 11) is 0. The van der Waals surface area contributed by atoms with Crippen LogP contribution in [0, 0.1) is 0 Å². The zero-order chi connectivity index (χ0) is 23.3. The van der Waals surface area contributed by atoms with Crippen LogP contribution in [0.1, 0.15) is 73.1 Å². The number of benzene rings is 1. The second-order valence-corrected chi connectivity index (χ2v) is 9.73. The van der Waals surface area contributed by atoms with Crippen molar-refractivity contribution in [1.29, 1.82) is 0 Å². The number of aromatic nitrogens is 3. The first-order valence-corrected chi connectivity index (χ1v) is 11.9. The Labute approximate surface area is 198 Å². The van der Waals surface area contributed by atoms with Crippen LogP contribution in [-0.4, -0.2) is 33.9 Å². The van der Waals surface area contributed by atoms with Gasteiger partial charge < -0.3 is 19.5 Å². The number of cyclic esters (lactones) is 1. The molecular weight excluding hydrogens is 432 g/mol. The highest BCUT2D eigenvalue weighted by atomic mass is 16.6. The van der Waals surface area contributed by atoms with Gasteiger partial charge in [0.05, 0.1) is 17.3 Å². The lowest BCUT2D eigenvalue weighted by Gasteiger charge is -2.24. The van der Waals surface area contributed by atoms with Crippen molar-refractivity contribution in [1.82, 2.24) is 14.8 Å². The van der Waals surface area contributed by atoms with Gasteiger partial charge in [-0.1, -0.05) is 0 Å². The molecule has 2 fully saturated rings. The minimum absolute atomic E-state index is 0.285. The summed E-state index contributed by atoms with van der Waals surface area (Å²) in [5.74, 6) is 2.37. The molecule has 0 radical (unpaired) electrons. The molecule has 1 N–H and O–H groups in total. The van der Waals surface area contributed by atoms with E-state index < -0.39 is 5.60 Å². The quantitative estimate of drug-likeness (QED) is 0.490. The third kappa shape index (κ3) is 4.03. The van der Waals surface area contributed by atoms with Crippen LogP contribution in [0.3, 0.4) is 0 Å². The molecule has 6 rings (SSSR count). The summed E-state index contributed by atoms with van der Waals surface area (Å²) < 4.78 is 19.4. The summed E-state index contributed by atoms with van der Waals surface area (Å²) in [4.78, 5) is 16.5. The van der Waals surface area contributed by atoms with Crippen LogP contribution in [0.15, 0.2) is 42.6 Å². The lowest BCUT2D eigenvalue weighted by molar-refractivity contribution is 0.00954. The molecule has 0 atom stereocenters. The fraction of sp³-hybridized carbons (Fsp3) is 0.423. The number of pyridine rings is 1. The minimum atomic E-state index is -0.648. The SMILES string of the molecule is CC1(C)OC(=O)c2ccc(Nc3cc(Oc4cc(C5CC5)nn4C4CCOCC4)ccn3)cc21. The maximum atomic E-state index is 12.1. The molecule has 8 heteroatoms. The van der Waals surface area contributed by atoms with Crippen molar-refractivity contribution in [3.63, 3.8) is 0 Å². The second kappa shape index (κ2) is 8.13. The summed E-state index contributed by atoms with van der Waals surface area (Å²) in [6.45, 7) is 5.29. The van der Waals surface area contributed by atoms with Gasteiger partial charge in [-0.3, -0.25) is 0 Å². The van der Waals surface area contributed by atoms with E-state index in [0.29, 0.717) is 23.0 Å². The standard InChI is InChI=1S/C26H28N4O4/c1-26(2)21-13-17(5-6-20(21)25(31)34-26)28-23-14-19(7-10-27-23)33-24-15-22(16-3-4-16)29-30(24)18-8-11-32-12-9-18/h5-7,10,13-16,18H,3-4,8-9,11-12H2,1-2H3,(H,27,28). The molecule has 3 aromatic rings. The zero-order valence-electron chi connectivity index (χ0n) is 19.4. The smallest absolute Gasteiger partial charge is 0.339 e. The van der Waals surface area contributed by atoms with E-state index in [2.05, 4.69) is 16.4 Å². The lowest BCUT2D eigenvalue weighted by Crippen LogP contribution is -2.21. The number of ether oxygens (including phenoxy) is 3. The average molecular weight is 461 g/mol. The summed E-state index contributed by atoms with van der Waals surface area (Å²) in [5.41, 5.74) is 2.77. The Morgan fingerprint density at radius 3 is 2.71 bits per heavy atom. The van der Waals surface area contributed by atoms with E-state index in [0.717, 1.165) is 48.9 Å². The first kappa shape index (κ1) is 21.2. The number of hydrogen-bond donors (Lipinski definition) is 1. The molecule has 0 amide bonds. The van der Waals surface area contributed by atoms with Crippen LogP contribution >= 0.6 is 0 Å². The van der Waals surface area contributed by atoms with Crippen LogP contribution in [0.2, 0.25) is 0 Å². The molecule has 1 saturated heterocycles. The van der Waals surface area contributed by atoms with Crippen molar-refractivity contribution >= 4 is 17.5 Å². The Bertz CT molecular complexity index is 1240. The number of carbonyl (C=O) groups excluding carboxylic acids is 1. The normalized spacial score (nSPS) is 19.5. The minimum Gasteiger partial charge on any atom is -0.451 e. The summed E-state index contributed by atoms with van der Waals surface area (Å²) in [6, 6.07) is 11.7. The molecule has 8 nitrogen and oxygen atoms in total. The van der Waals surface area contributed by atoms with Crippen LogP contribution in [0.25, 0.3) is 0 Å². The molecule has 1 aliphatic carbocycles. The summed E-state index contributed by atoms with van der Waals surface area (Å²) in [5, 5.41) is 8.23. The van der Waals surface area contributed by atoms with Gasteiger partial charge >= 0.3 is 5.97 Å². The van der Waals surface area contributed by atoms with E-state index >= 15 is 0 Å². The van der Waals surface area contributed by atoms with Crippen LogP contribution < -0.4 is 10.1 Å². The fourth-order valence-electron chi connectivity index (χ4n) is 4.69. The number of hydrogen-bond acceptors (Lipinski definition) is 7. The van der Waals surface area contributed by atoms with Crippen LogP contribution in [0.4, 0.5) is 11.5 Å². The first-order valence-electron chi connectivity index (χ1n) is 11.9. The van der Waals surface area contributed by atoms with Gasteiger partial charge in [0.1, 0.15) is 17.2 Å². The zero-order valence-corrected chi connectivity index (χ0v) is 19.4. The molecule has 34 heavy (non-hydrogen) atoms. The summed E-state index contributed by atoms with van der Waals surface area (Å²) in [6.07, 6.45) is 5.99. The lowest BCUT2D eigenvalue weighted by atomic mass is 9.95. The van der Waals surface area contributed by atoms with Gasteiger partial charge in [0.15, 0.2) is 0 Å². The Kier molecular flexibility index (Phi) is 5.06. The highest BCUT2D eigenvalue weighted by Gasteiger charge is 2.37. The fourth-order valence-corrected chi connectivity index (χ4v) is 4.69. The molecule has 1 aromatic carbocycles. The molecule has 0 unspecified atom stereocenters.